The van der Waals surface area contributed by atoms with Gasteiger partial charge in [0.15, 0.2) is 0 Å². The fourth-order valence-corrected chi connectivity index (χ4v) is 0.961. The van der Waals surface area contributed by atoms with E-state index in [0.717, 1.165) is 5.75 Å². The van der Waals surface area contributed by atoms with Crippen LogP contribution in [0.25, 0.3) is 0 Å². The fraction of sp³-hybridized carbons (Fsp3) is 0.400. The molecule has 72 valence electrons. The van der Waals surface area contributed by atoms with Crippen LogP contribution in [0.2, 0.25) is 0 Å². The molecule has 13 heavy (non-hydrogen) atoms. The highest BCUT2D eigenvalue weighted by Gasteiger charge is 2.02. The first-order valence-corrected chi connectivity index (χ1v) is 4.69. The molecule has 1 unspecified atom stereocenters. The Balaban J connectivity index is 2.41. The maximum absolute atomic E-state index is 9.12. The zero-order chi connectivity index (χ0) is 9.68. The third kappa shape index (κ3) is 3.66. The summed E-state index contributed by atoms with van der Waals surface area (Å²) < 4.78 is 5.28. The normalized spacial score (nSPS) is 12.5. The van der Waals surface area contributed by atoms with Crippen LogP contribution >= 0.6 is 11.6 Å². The molecule has 1 aromatic rings. The van der Waals surface area contributed by atoms with Gasteiger partial charge in [0, 0.05) is 0 Å². The van der Waals surface area contributed by atoms with Crippen LogP contribution in [0.5, 0.6) is 5.75 Å². The van der Waals surface area contributed by atoms with Gasteiger partial charge in [0.25, 0.3) is 0 Å². The summed E-state index contributed by atoms with van der Waals surface area (Å²) in [7, 11) is 0. The minimum atomic E-state index is -0.594. The van der Waals surface area contributed by atoms with Crippen LogP contribution in [0.15, 0.2) is 24.3 Å². The molecular weight excluding hydrogens is 188 g/mol. The largest absolute Gasteiger partial charge is 0.491 e. The molecule has 1 rings (SSSR count). The fourth-order valence-electron chi connectivity index (χ4n) is 0.871. The minimum absolute atomic E-state index is 0.200. The molecule has 0 aliphatic carbocycles. The highest BCUT2D eigenvalue weighted by molar-refractivity contribution is 6.18. The molecule has 1 atom stereocenters. The molecule has 3 heteroatoms. The van der Waals surface area contributed by atoms with Crippen molar-refractivity contribution in [3.8, 4) is 5.75 Å². The van der Waals surface area contributed by atoms with Crippen molar-refractivity contribution in [1.82, 2.24) is 0 Å². The van der Waals surface area contributed by atoms with Crippen LogP contribution in [0, 0.1) is 6.92 Å². The van der Waals surface area contributed by atoms with Crippen molar-refractivity contribution in [2.45, 2.75) is 13.0 Å². The van der Waals surface area contributed by atoms with Gasteiger partial charge in [-0.15, -0.1) is 11.6 Å². The van der Waals surface area contributed by atoms with Gasteiger partial charge in [-0.3, -0.25) is 0 Å². The summed E-state index contributed by atoms with van der Waals surface area (Å²) in [5, 5.41) is 9.12. The van der Waals surface area contributed by atoms with Crippen LogP contribution in [-0.2, 0) is 0 Å². The van der Waals surface area contributed by atoms with Gasteiger partial charge in [-0.05, 0) is 19.1 Å². The average Bonchev–Trinajstić information content (AvgIpc) is 2.16. The van der Waals surface area contributed by atoms with E-state index in [1.165, 1.54) is 5.56 Å². The average molecular weight is 201 g/mol. The van der Waals surface area contributed by atoms with Crippen molar-refractivity contribution in [3.05, 3.63) is 29.8 Å². The lowest BCUT2D eigenvalue weighted by Gasteiger charge is -2.09. The highest BCUT2D eigenvalue weighted by atomic mass is 35.5. The molecule has 0 radical (unpaired) electrons. The van der Waals surface area contributed by atoms with Crippen LogP contribution in [0.1, 0.15) is 5.56 Å². The molecule has 1 aromatic carbocycles. The maximum Gasteiger partial charge on any atom is 0.119 e. The second kappa shape index (κ2) is 5.10. The van der Waals surface area contributed by atoms with Crippen molar-refractivity contribution in [3.63, 3.8) is 0 Å². The van der Waals surface area contributed by atoms with E-state index in [4.69, 9.17) is 21.4 Å². The lowest BCUT2D eigenvalue weighted by atomic mass is 10.2. The number of ether oxygens (including phenoxy) is 1. The van der Waals surface area contributed by atoms with E-state index in [2.05, 4.69) is 0 Å². The van der Waals surface area contributed by atoms with Gasteiger partial charge >= 0.3 is 0 Å². The van der Waals surface area contributed by atoms with E-state index in [-0.39, 0.29) is 12.5 Å². The van der Waals surface area contributed by atoms with E-state index >= 15 is 0 Å². The number of rotatable bonds is 4. The molecule has 0 aliphatic rings. The number of aryl methyl sites for hydroxylation is 1. The minimum Gasteiger partial charge on any atom is -0.491 e. The Morgan fingerprint density at radius 2 is 2.00 bits per heavy atom. The number of hydrogen-bond acceptors (Lipinski definition) is 2. The van der Waals surface area contributed by atoms with Gasteiger partial charge in [0.05, 0.1) is 5.88 Å². The van der Waals surface area contributed by atoms with Gasteiger partial charge < -0.3 is 9.84 Å². The molecule has 0 saturated carbocycles. The number of halogens is 1. The summed E-state index contributed by atoms with van der Waals surface area (Å²) in [5.74, 6) is 0.959. The first-order valence-electron chi connectivity index (χ1n) is 4.16. The number of aliphatic hydroxyl groups is 1. The Labute approximate surface area is 83.1 Å². The van der Waals surface area contributed by atoms with Crippen LogP contribution in [0.4, 0.5) is 0 Å². The third-order valence-electron chi connectivity index (χ3n) is 1.64. The topological polar surface area (TPSA) is 29.5 Å². The molecule has 0 bridgehead atoms. The molecule has 0 fully saturated rings. The molecule has 0 spiro atoms. The third-order valence-corrected chi connectivity index (χ3v) is 2.00. The highest BCUT2D eigenvalue weighted by Crippen LogP contribution is 2.11. The molecule has 0 aromatic heterocycles. The maximum atomic E-state index is 9.12. The van der Waals surface area contributed by atoms with E-state index in [9.17, 15) is 0 Å². The Morgan fingerprint density at radius 1 is 1.38 bits per heavy atom. The second-order valence-corrected chi connectivity index (χ2v) is 3.24. The summed E-state index contributed by atoms with van der Waals surface area (Å²) in [6, 6.07) is 7.66. The summed E-state index contributed by atoms with van der Waals surface area (Å²) in [6.07, 6.45) is -0.594. The molecule has 1 N–H and O–H groups in total. The molecule has 0 saturated heterocycles. The molecule has 2 nitrogen and oxygen atoms in total. The van der Waals surface area contributed by atoms with Crippen molar-refractivity contribution in [2.75, 3.05) is 12.5 Å². The molecule has 0 amide bonds. The van der Waals surface area contributed by atoms with E-state index < -0.39 is 6.10 Å². The van der Waals surface area contributed by atoms with E-state index in [1.54, 1.807) is 0 Å². The van der Waals surface area contributed by atoms with Crippen LogP contribution < -0.4 is 4.74 Å². The quantitative estimate of drug-likeness (QED) is 0.754. The Bertz CT molecular complexity index is 246. The van der Waals surface area contributed by atoms with Crippen molar-refractivity contribution in [1.29, 1.82) is 0 Å². The Kier molecular flexibility index (Phi) is 4.06. The summed E-state index contributed by atoms with van der Waals surface area (Å²) in [5.41, 5.74) is 1.19. The predicted octanol–water partition coefficient (Wildman–Crippen LogP) is 1.97. The van der Waals surface area contributed by atoms with Crippen LogP contribution in [-0.4, -0.2) is 23.7 Å². The van der Waals surface area contributed by atoms with Gasteiger partial charge in [-0.2, -0.15) is 0 Å². The van der Waals surface area contributed by atoms with E-state index in [0.29, 0.717) is 0 Å². The number of alkyl halides is 1. The second-order valence-electron chi connectivity index (χ2n) is 2.93. The first kappa shape index (κ1) is 10.4. The van der Waals surface area contributed by atoms with Gasteiger partial charge in [0.2, 0.25) is 0 Å². The Morgan fingerprint density at radius 3 is 2.54 bits per heavy atom. The Hall–Kier alpha value is -0.730. The lowest BCUT2D eigenvalue weighted by Crippen LogP contribution is -2.18. The van der Waals surface area contributed by atoms with Crippen molar-refractivity contribution < 1.29 is 9.84 Å². The standard InChI is InChI=1S/C10H13ClO2/c1-8-2-4-10(5-3-8)13-7-9(12)6-11/h2-5,9,12H,6-7H2,1H3. The zero-order valence-electron chi connectivity index (χ0n) is 7.53. The number of aliphatic hydroxyl groups excluding tert-OH is 1. The zero-order valence-corrected chi connectivity index (χ0v) is 8.29. The summed E-state index contributed by atoms with van der Waals surface area (Å²) in [6.45, 7) is 2.25. The number of hydrogen-bond donors (Lipinski definition) is 1. The SMILES string of the molecule is Cc1ccc(OCC(O)CCl)cc1. The summed E-state index contributed by atoms with van der Waals surface area (Å²) >= 11 is 5.41. The molecule has 0 aliphatic heterocycles. The van der Waals surface area contributed by atoms with Crippen molar-refractivity contribution >= 4 is 11.6 Å². The number of benzene rings is 1. The predicted molar refractivity (Wildman–Crippen MR) is 53.4 cm³/mol. The summed E-state index contributed by atoms with van der Waals surface area (Å²) in [4.78, 5) is 0. The lowest BCUT2D eigenvalue weighted by molar-refractivity contribution is 0.125. The van der Waals surface area contributed by atoms with Crippen molar-refractivity contribution in [2.24, 2.45) is 0 Å². The molecule has 0 heterocycles. The molecular formula is C10H13ClO2. The van der Waals surface area contributed by atoms with Crippen LogP contribution in [0.3, 0.4) is 0 Å². The smallest absolute Gasteiger partial charge is 0.119 e. The van der Waals surface area contributed by atoms with Gasteiger partial charge in [-0.1, -0.05) is 17.7 Å². The van der Waals surface area contributed by atoms with Gasteiger partial charge in [0.1, 0.15) is 18.5 Å². The monoisotopic (exact) mass is 200 g/mol. The first-order chi connectivity index (χ1) is 6.22. The van der Waals surface area contributed by atoms with E-state index in [1.807, 2.05) is 31.2 Å². The van der Waals surface area contributed by atoms with Gasteiger partial charge in [-0.25, -0.2) is 0 Å².